The molecule has 1 fully saturated rings. The van der Waals surface area contributed by atoms with Crippen LogP contribution in [0.2, 0.25) is 0 Å². The van der Waals surface area contributed by atoms with Crippen LogP contribution in [0.5, 0.6) is 0 Å². The van der Waals surface area contributed by atoms with E-state index in [2.05, 4.69) is 42.1 Å². The monoisotopic (exact) mass is 468 g/mol. The van der Waals surface area contributed by atoms with E-state index in [4.69, 9.17) is 0 Å². The van der Waals surface area contributed by atoms with E-state index < -0.39 is 0 Å². The van der Waals surface area contributed by atoms with Gasteiger partial charge in [-0.15, -0.1) is 0 Å². The standard InChI is InChI=1S/C26H28N8O/c1-32(2)24-5-4-19(15-30-24)22-12-20-13-23(29-17-21(20)16-28-22)31-26(35)18-6-7-27-25(14-18)34-10-8-33(3)9-11-34/h4-7,12-17H,8-11H2,1-3H3,(H,29,31,35). The zero-order valence-corrected chi connectivity index (χ0v) is 20.1. The molecule has 35 heavy (non-hydrogen) atoms. The average Bonchev–Trinajstić information content (AvgIpc) is 2.89. The Labute approximate surface area is 204 Å². The quantitative estimate of drug-likeness (QED) is 0.478. The number of anilines is 3. The molecule has 0 aromatic carbocycles. The summed E-state index contributed by atoms with van der Waals surface area (Å²) >= 11 is 0. The molecule has 0 spiro atoms. The molecule has 0 bridgehead atoms. The second-order valence-electron chi connectivity index (χ2n) is 8.93. The topological polar surface area (TPSA) is 90.4 Å². The van der Waals surface area contributed by atoms with Crippen LogP contribution in [-0.2, 0) is 0 Å². The van der Waals surface area contributed by atoms with E-state index in [0.717, 1.165) is 59.8 Å². The van der Waals surface area contributed by atoms with Crippen LogP contribution in [-0.4, -0.2) is 78.1 Å². The molecule has 0 saturated carbocycles. The first-order valence-corrected chi connectivity index (χ1v) is 11.6. The summed E-state index contributed by atoms with van der Waals surface area (Å²) in [5.74, 6) is 1.98. The Morgan fingerprint density at radius 3 is 2.43 bits per heavy atom. The molecule has 1 aliphatic rings. The number of pyridine rings is 4. The highest BCUT2D eigenvalue weighted by Crippen LogP contribution is 2.24. The highest BCUT2D eigenvalue weighted by atomic mass is 16.1. The summed E-state index contributed by atoms with van der Waals surface area (Å²) < 4.78 is 0. The molecule has 9 heteroatoms. The fraction of sp³-hybridized carbons (Fsp3) is 0.269. The van der Waals surface area contributed by atoms with Crippen molar-refractivity contribution in [3.8, 4) is 11.3 Å². The minimum absolute atomic E-state index is 0.215. The Bertz CT molecular complexity index is 1350. The van der Waals surface area contributed by atoms with Gasteiger partial charge in [0, 0.05) is 81.6 Å². The number of aromatic nitrogens is 4. The molecule has 4 aromatic heterocycles. The molecular formula is C26H28N8O. The summed E-state index contributed by atoms with van der Waals surface area (Å²) in [5.41, 5.74) is 2.29. The van der Waals surface area contributed by atoms with Crippen molar-refractivity contribution in [2.75, 3.05) is 62.4 Å². The van der Waals surface area contributed by atoms with Gasteiger partial charge in [0.25, 0.3) is 5.91 Å². The molecule has 0 unspecified atom stereocenters. The largest absolute Gasteiger partial charge is 0.363 e. The highest BCUT2D eigenvalue weighted by Gasteiger charge is 2.17. The fourth-order valence-electron chi connectivity index (χ4n) is 4.02. The Hall–Kier alpha value is -4.11. The summed E-state index contributed by atoms with van der Waals surface area (Å²) in [6, 6.07) is 11.4. The van der Waals surface area contributed by atoms with E-state index in [1.54, 1.807) is 24.7 Å². The number of amides is 1. The number of hydrogen-bond donors (Lipinski definition) is 1. The lowest BCUT2D eigenvalue weighted by molar-refractivity contribution is 0.102. The van der Waals surface area contributed by atoms with Crippen LogP contribution in [0.1, 0.15) is 10.4 Å². The van der Waals surface area contributed by atoms with Crippen molar-refractivity contribution in [1.82, 2.24) is 24.8 Å². The van der Waals surface area contributed by atoms with Crippen LogP contribution in [0.4, 0.5) is 17.5 Å². The molecule has 0 aliphatic carbocycles. The summed E-state index contributed by atoms with van der Waals surface area (Å²) in [7, 11) is 6.03. The molecule has 178 valence electrons. The minimum atomic E-state index is -0.215. The van der Waals surface area contributed by atoms with Crippen LogP contribution >= 0.6 is 0 Å². The molecule has 1 saturated heterocycles. The third-order valence-corrected chi connectivity index (χ3v) is 6.18. The Morgan fingerprint density at radius 2 is 1.69 bits per heavy atom. The molecule has 9 nitrogen and oxygen atoms in total. The molecule has 1 aliphatic heterocycles. The third-order valence-electron chi connectivity index (χ3n) is 6.18. The second kappa shape index (κ2) is 9.63. The number of fused-ring (bicyclic) bond motifs is 1. The van der Waals surface area contributed by atoms with Gasteiger partial charge in [0.15, 0.2) is 0 Å². The number of nitrogens with zero attached hydrogens (tertiary/aromatic N) is 7. The van der Waals surface area contributed by atoms with Crippen molar-refractivity contribution >= 4 is 34.1 Å². The van der Waals surface area contributed by atoms with Crippen molar-refractivity contribution in [3.05, 3.63) is 66.7 Å². The van der Waals surface area contributed by atoms with E-state index in [1.807, 2.05) is 55.5 Å². The normalized spacial score (nSPS) is 14.2. The number of nitrogens with one attached hydrogen (secondary N) is 1. The number of hydrogen-bond acceptors (Lipinski definition) is 8. The summed E-state index contributed by atoms with van der Waals surface area (Å²) in [6.07, 6.45) is 7.00. The second-order valence-corrected chi connectivity index (χ2v) is 8.93. The van der Waals surface area contributed by atoms with Crippen molar-refractivity contribution in [3.63, 3.8) is 0 Å². The van der Waals surface area contributed by atoms with Gasteiger partial charge in [-0.25, -0.2) is 15.0 Å². The first-order chi connectivity index (χ1) is 17.0. The van der Waals surface area contributed by atoms with E-state index >= 15 is 0 Å². The average molecular weight is 469 g/mol. The highest BCUT2D eigenvalue weighted by molar-refractivity contribution is 6.05. The predicted octanol–water partition coefficient (Wildman–Crippen LogP) is 3.16. The Balaban J connectivity index is 1.34. The van der Waals surface area contributed by atoms with Gasteiger partial charge >= 0.3 is 0 Å². The van der Waals surface area contributed by atoms with Gasteiger partial charge in [-0.05, 0) is 48.8 Å². The number of carbonyl (C=O) groups excluding carboxylic acids is 1. The van der Waals surface area contributed by atoms with Gasteiger partial charge in [-0.2, -0.15) is 0 Å². The van der Waals surface area contributed by atoms with Gasteiger partial charge < -0.3 is 20.0 Å². The van der Waals surface area contributed by atoms with Crippen molar-refractivity contribution < 1.29 is 4.79 Å². The van der Waals surface area contributed by atoms with Crippen LogP contribution in [0.25, 0.3) is 22.0 Å². The van der Waals surface area contributed by atoms with Crippen LogP contribution in [0, 0.1) is 0 Å². The molecule has 1 amide bonds. The molecule has 0 atom stereocenters. The molecule has 4 aromatic rings. The predicted molar refractivity (Wildman–Crippen MR) is 139 cm³/mol. The number of likely N-dealkylation sites (N-methyl/N-ethyl adjacent to an activating group) is 1. The van der Waals surface area contributed by atoms with Gasteiger partial charge in [0.1, 0.15) is 17.5 Å². The van der Waals surface area contributed by atoms with Gasteiger partial charge in [-0.1, -0.05) is 0 Å². The molecular weight excluding hydrogens is 440 g/mol. The fourth-order valence-corrected chi connectivity index (χ4v) is 4.02. The zero-order chi connectivity index (χ0) is 24.4. The lowest BCUT2D eigenvalue weighted by atomic mass is 10.1. The van der Waals surface area contributed by atoms with Crippen molar-refractivity contribution in [1.29, 1.82) is 0 Å². The zero-order valence-electron chi connectivity index (χ0n) is 20.1. The summed E-state index contributed by atoms with van der Waals surface area (Å²) in [4.78, 5) is 37.3. The summed E-state index contributed by atoms with van der Waals surface area (Å²) in [5, 5.41) is 4.75. The molecule has 0 radical (unpaired) electrons. The lowest BCUT2D eigenvalue weighted by Crippen LogP contribution is -2.44. The lowest BCUT2D eigenvalue weighted by Gasteiger charge is -2.33. The first kappa shape index (κ1) is 22.7. The van der Waals surface area contributed by atoms with Gasteiger partial charge in [0.2, 0.25) is 0 Å². The van der Waals surface area contributed by atoms with E-state index in [0.29, 0.717) is 11.4 Å². The third kappa shape index (κ3) is 5.04. The van der Waals surface area contributed by atoms with E-state index in [-0.39, 0.29) is 5.91 Å². The van der Waals surface area contributed by atoms with Crippen molar-refractivity contribution in [2.24, 2.45) is 0 Å². The van der Waals surface area contributed by atoms with Crippen molar-refractivity contribution in [2.45, 2.75) is 0 Å². The number of rotatable bonds is 5. The van der Waals surface area contributed by atoms with Gasteiger partial charge in [-0.3, -0.25) is 9.78 Å². The maximum absolute atomic E-state index is 13.0. The number of piperazine rings is 1. The van der Waals surface area contributed by atoms with Crippen LogP contribution in [0.15, 0.2) is 61.2 Å². The molecule has 1 N–H and O–H groups in total. The van der Waals surface area contributed by atoms with E-state index in [9.17, 15) is 4.79 Å². The smallest absolute Gasteiger partial charge is 0.257 e. The van der Waals surface area contributed by atoms with Crippen LogP contribution in [0.3, 0.4) is 0 Å². The SMILES string of the molecule is CN1CCN(c2cc(C(=O)Nc3cc4cc(-c5ccc(N(C)C)nc5)ncc4cn3)ccn2)CC1. The maximum atomic E-state index is 13.0. The number of carbonyl (C=O) groups is 1. The molecule has 5 heterocycles. The first-order valence-electron chi connectivity index (χ1n) is 11.6. The molecule has 5 rings (SSSR count). The summed E-state index contributed by atoms with van der Waals surface area (Å²) in [6.45, 7) is 3.74. The van der Waals surface area contributed by atoms with Gasteiger partial charge in [0.05, 0.1) is 5.69 Å². The maximum Gasteiger partial charge on any atom is 0.257 e. The van der Waals surface area contributed by atoms with E-state index in [1.165, 1.54) is 0 Å². The minimum Gasteiger partial charge on any atom is -0.363 e. The Morgan fingerprint density at radius 1 is 0.886 bits per heavy atom. The Kier molecular flexibility index (Phi) is 6.24. The van der Waals surface area contributed by atoms with Crippen LogP contribution < -0.4 is 15.1 Å².